The third-order valence-electron chi connectivity index (χ3n) is 5.18. The molecule has 11 heteroatoms. The van der Waals surface area contributed by atoms with Crippen LogP contribution in [0.5, 0.6) is 0 Å². The topological polar surface area (TPSA) is 129 Å². The minimum Gasteiger partial charge on any atom is -0.382 e. The molecule has 3 heterocycles. The number of nitrogens with one attached hydrogen (secondary N) is 3. The highest BCUT2D eigenvalue weighted by Gasteiger charge is 2.40. The van der Waals surface area contributed by atoms with Gasteiger partial charge in [0.25, 0.3) is 5.91 Å². The molecule has 10 nitrogen and oxygen atoms in total. The lowest BCUT2D eigenvalue weighted by Crippen LogP contribution is -2.36. The van der Waals surface area contributed by atoms with Gasteiger partial charge in [-0.25, -0.2) is 15.4 Å². The van der Waals surface area contributed by atoms with E-state index in [1.165, 1.54) is 11.3 Å². The van der Waals surface area contributed by atoms with Crippen molar-refractivity contribution in [3.63, 3.8) is 0 Å². The summed E-state index contributed by atoms with van der Waals surface area (Å²) in [5, 5.41) is 3.57. The zero-order valence-corrected chi connectivity index (χ0v) is 20.1. The summed E-state index contributed by atoms with van der Waals surface area (Å²) in [6.07, 6.45) is 4.19. The summed E-state index contributed by atoms with van der Waals surface area (Å²) < 4.78 is 0. The van der Waals surface area contributed by atoms with E-state index in [2.05, 4.69) is 32.8 Å². The monoisotopic (exact) mass is 470 g/mol. The number of thiazole rings is 1. The van der Waals surface area contributed by atoms with Gasteiger partial charge in [0, 0.05) is 49.9 Å². The lowest BCUT2D eigenvalue weighted by molar-refractivity contribution is -0.132. The van der Waals surface area contributed by atoms with Gasteiger partial charge in [0.05, 0.1) is 17.1 Å². The van der Waals surface area contributed by atoms with Gasteiger partial charge in [-0.1, -0.05) is 26.5 Å². The molecule has 33 heavy (non-hydrogen) atoms. The number of carbonyl (C=O) groups excluding carboxylic acids is 2. The minimum absolute atomic E-state index is 0.00886. The Morgan fingerprint density at radius 1 is 1.39 bits per heavy atom. The van der Waals surface area contributed by atoms with Crippen molar-refractivity contribution in [1.29, 1.82) is 0 Å². The number of pyridine rings is 1. The van der Waals surface area contributed by atoms with Crippen LogP contribution < -0.4 is 22.1 Å². The molecule has 176 valence electrons. The minimum atomic E-state index is -0.450. The third-order valence-corrected chi connectivity index (χ3v) is 6.20. The molecule has 2 aromatic rings. The van der Waals surface area contributed by atoms with Gasteiger partial charge >= 0.3 is 0 Å². The first-order chi connectivity index (χ1) is 15.6. The smallest absolute Gasteiger partial charge is 0.274 e. The molecule has 0 saturated carbocycles. The van der Waals surface area contributed by atoms with Gasteiger partial charge in [-0.05, 0) is 18.6 Å². The van der Waals surface area contributed by atoms with Crippen LogP contribution in [0.25, 0.3) is 10.7 Å². The zero-order valence-electron chi connectivity index (χ0n) is 19.3. The van der Waals surface area contributed by atoms with Crippen molar-refractivity contribution in [3.8, 4) is 10.7 Å². The molecule has 5 N–H and O–H groups in total. The van der Waals surface area contributed by atoms with E-state index in [0.29, 0.717) is 35.2 Å². The number of carbonyl (C=O) groups is 2. The van der Waals surface area contributed by atoms with E-state index in [4.69, 9.17) is 5.84 Å². The Bertz CT molecular complexity index is 1080. The van der Waals surface area contributed by atoms with Crippen LogP contribution in [0.4, 0.5) is 0 Å². The molecule has 3 rings (SSSR count). The number of rotatable bonds is 9. The van der Waals surface area contributed by atoms with Crippen LogP contribution in [0.15, 0.2) is 48.6 Å². The molecule has 0 aromatic carbocycles. The second-order valence-corrected chi connectivity index (χ2v) is 9.65. The fourth-order valence-electron chi connectivity index (χ4n) is 3.32. The predicted octanol–water partition coefficient (Wildman–Crippen LogP) is 1.58. The number of hydrazine groups is 2. The summed E-state index contributed by atoms with van der Waals surface area (Å²) in [7, 11) is 3.67. The maximum Gasteiger partial charge on any atom is 0.274 e. The summed E-state index contributed by atoms with van der Waals surface area (Å²) in [6, 6.07) is 5.19. The molecule has 0 radical (unpaired) electrons. The lowest BCUT2D eigenvalue weighted by Gasteiger charge is -2.24. The lowest BCUT2D eigenvalue weighted by atomic mass is 9.92. The average Bonchev–Trinajstić information content (AvgIpc) is 3.35. The number of hydrogen-bond donors (Lipinski definition) is 4. The molecule has 0 aliphatic carbocycles. The molecule has 1 saturated heterocycles. The normalized spacial score (nSPS) is 15.6. The van der Waals surface area contributed by atoms with Gasteiger partial charge in [-0.15, -0.1) is 11.3 Å². The molecule has 2 amide bonds. The molecule has 0 bridgehead atoms. The first kappa shape index (κ1) is 24.5. The Hall–Kier alpha value is -3.12. The average molecular weight is 471 g/mol. The van der Waals surface area contributed by atoms with Crippen LogP contribution >= 0.6 is 11.3 Å². The van der Waals surface area contributed by atoms with E-state index in [9.17, 15) is 9.59 Å². The fourth-order valence-corrected chi connectivity index (χ4v) is 4.14. The molecular formula is C22H30N8O2S. The number of nitrogens with two attached hydrogens (primary N) is 1. The number of amides is 2. The standard InChI is InChI=1S/C22H30N8O2S/c1-14(30-10-9-22(2,3)21(30)32)18(13-29(4)5)27-19(31)16-7-6-8-17(26-16)20-24-11-15(33-20)12-25-28-23/h6-8,11,13,25,28H,1,9-10,12,23H2,2-5H3,(H,27,31)/b18-13+. The van der Waals surface area contributed by atoms with Crippen LogP contribution in [0.2, 0.25) is 0 Å². The fraction of sp³-hybridized carbons (Fsp3) is 0.364. The zero-order chi connectivity index (χ0) is 24.2. The van der Waals surface area contributed by atoms with Crippen LogP contribution in [-0.2, 0) is 11.3 Å². The molecule has 2 aromatic heterocycles. The molecule has 1 fully saturated rings. The Labute approximate surface area is 197 Å². The van der Waals surface area contributed by atoms with Gasteiger partial charge in [0.2, 0.25) is 5.91 Å². The first-order valence-corrected chi connectivity index (χ1v) is 11.3. The highest BCUT2D eigenvalue weighted by molar-refractivity contribution is 7.14. The number of likely N-dealkylation sites (tertiary alicyclic amines) is 1. The van der Waals surface area contributed by atoms with Crippen LogP contribution in [0, 0.1) is 5.41 Å². The molecule has 0 unspecified atom stereocenters. The van der Waals surface area contributed by atoms with Crippen molar-refractivity contribution in [1.82, 2.24) is 36.0 Å². The Morgan fingerprint density at radius 3 is 2.79 bits per heavy atom. The van der Waals surface area contributed by atoms with Crippen molar-refractivity contribution >= 4 is 23.2 Å². The van der Waals surface area contributed by atoms with Crippen LogP contribution in [0.1, 0.15) is 35.6 Å². The second-order valence-electron chi connectivity index (χ2n) is 8.54. The van der Waals surface area contributed by atoms with Gasteiger partial charge in [0.1, 0.15) is 10.7 Å². The summed E-state index contributed by atoms with van der Waals surface area (Å²) in [5.74, 6) is 4.82. The van der Waals surface area contributed by atoms with E-state index in [0.717, 1.165) is 11.3 Å². The molecular weight excluding hydrogens is 440 g/mol. The Balaban J connectivity index is 1.79. The summed E-state index contributed by atoms with van der Waals surface area (Å²) in [6.45, 7) is 8.99. The summed E-state index contributed by atoms with van der Waals surface area (Å²) >= 11 is 1.45. The predicted molar refractivity (Wildman–Crippen MR) is 128 cm³/mol. The third kappa shape index (κ3) is 5.82. The maximum atomic E-state index is 13.1. The van der Waals surface area contributed by atoms with Gasteiger partial charge in [-0.2, -0.15) is 5.53 Å². The van der Waals surface area contributed by atoms with Crippen molar-refractivity contribution in [2.45, 2.75) is 26.8 Å². The Kier molecular flexibility index (Phi) is 7.59. The van der Waals surface area contributed by atoms with E-state index >= 15 is 0 Å². The highest BCUT2D eigenvalue weighted by Crippen LogP contribution is 2.34. The quantitative estimate of drug-likeness (QED) is 0.247. The molecule has 0 spiro atoms. The van der Waals surface area contributed by atoms with Crippen molar-refractivity contribution in [2.24, 2.45) is 11.3 Å². The maximum absolute atomic E-state index is 13.1. The highest BCUT2D eigenvalue weighted by atomic mass is 32.1. The number of aromatic nitrogens is 2. The van der Waals surface area contributed by atoms with E-state index in [-0.39, 0.29) is 11.6 Å². The number of hydrogen-bond acceptors (Lipinski definition) is 9. The van der Waals surface area contributed by atoms with E-state index in [1.54, 1.807) is 40.4 Å². The molecule has 1 aliphatic heterocycles. The van der Waals surface area contributed by atoms with Crippen molar-refractivity contribution in [2.75, 3.05) is 20.6 Å². The van der Waals surface area contributed by atoms with E-state index in [1.807, 2.05) is 27.9 Å². The second kappa shape index (κ2) is 10.2. The Morgan fingerprint density at radius 2 is 2.15 bits per heavy atom. The van der Waals surface area contributed by atoms with Crippen molar-refractivity contribution in [3.05, 3.63) is 59.1 Å². The first-order valence-electron chi connectivity index (χ1n) is 10.4. The van der Waals surface area contributed by atoms with Gasteiger partial charge in [-0.3, -0.25) is 15.4 Å². The van der Waals surface area contributed by atoms with E-state index < -0.39 is 11.3 Å². The molecule has 1 aliphatic rings. The SMILES string of the molecule is C=C(/C(=C\N(C)C)NC(=O)c1cccc(-c2ncc(CNNN)s2)n1)N1CCC(C)(C)C1=O. The van der Waals surface area contributed by atoms with Crippen LogP contribution in [0.3, 0.4) is 0 Å². The van der Waals surface area contributed by atoms with Crippen LogP contribution in [-0.4, -0.2) is 52.2 Å². The summed E-state index contributed by atoms with van der Waals surface area (Å²) in [5.41, 5.74) is 6.45. The van der Waals surface area contributed by atoms with Crippen molar-refractivity contribution < 1.29 is 9.59 Å². The largest absolute Gasteiger partial charge is 0.382 e. The number of nitrogens with zero attached hydrogens (tertiary/aromatic N) is 4. The van der Waals surface area contributed by atoms with Gasteiger partial charge < -0.3 is 15.1 Å². The van der Waals surface area contributed by atoms with Gasteiger partial charge in [0.15, 0.2) is 0 Å². The summed E-state index contributed by atoms with van der Waals surface area (Å²) in [4.78, 5) is 39.1. The molecule has 0 atom stereocenters.